The predicted molar refractivity (Wildman–Crippen MR) is 91.3 cm³/mol. The zero-order valence-corrected chi connectivity index (χ0v) is 13.9. The van der Waals surface area contributed by atoms with Crippen LogP contribution in [-0.2, 0) is 17.9 Å². The van der Waals surface area contributed by atoms with Gasteiger partial charge in [0.15, 0.2) is 0 Å². The van der Waals surface area contributed by atoms with Crippen molar-refractivity contribution in [3.05, 3.63) is 61.9 Å². The number of anilines is 1. The Balaban J connectivity index is 2.34. The average Bonchev–Trinajstić information content (AvgIpc) is 2.57. The predicted octanol–water partition coefficient (Wildman–Crippen LogP) is 0.130. The van der Waals surface area contributed by atoms with Gasteiger partial charge in [0.1, 0.15) is 18.2 Å². The molecule has 2 aromatic rings. The summed E-state index contributed by atoms with van der Waals surface area (Å²) in [4.78, 5) is 36.7. The first-order valence-electron chi connectivity index (χ1n) is 7.59. The number of carbonyl (C=O) groups excluding carboxylic acids is 1. The summed E-state index contributed by atoms with van der Waals surface area (Å²) < 4.78 is 1.72. The standard InChI is InChI=1S/C17H18N4O4/c1-11-3-4-14(12(2)7-11)19-15(23)10-21-16(24)13(8-18)9-20(5-6-22)17(21)25/h3-4,7,9,22H,5-6,10H2,1-2H3,(H,19,23). The number of aryl methyl sites for hydroxylation is 2. The molecule has 1 aromatic carbocycles. The van der Waals surface area contributed by atoms with Crippen molar-refractivity contribution in [3.63, 3.8) is 0 Å². The molecular formula is C17H18N4O4. The number of hydrogen-bond donors (Lipinski definition) is 2. The molecule has 1 amide bonds. The molecule has 0 unspecified atom stereocenters. The molecule has 2 N–H and O–H groups in total. The minimum absolute atomic E-state index is 0.0769. The zero-order valence-electron chi connectivity index (χ0n) is 13.9. The van der Waals surface area contributed by atoms with Gasteiger partial charge < -0.3 is 10.4 Å². The van der Waals surface area contributed by atoms with Gasteiger partial charge in [-0.25, -0.2) is 9.36 Å². The summed E-state index contributed by atoms with van der Waals surface area (Å²) in [5.74, 6) is -0.559. The summed E-state index contributed by atoms with van der Waals surface area (Å²) >= 11 is 0. The summed E-state index contributed by atoms with van der Waals surface area (Å²) in [5.41, 5.74) is 0.610. The van der Waals surface area contributed by atoms with Gasteiger partial charge in [-0.1, -0.05) is 17.7 Å². The normalized spacial score (nSPS) is 10.3. The van der Waals surface area contributed by atoms with Crippen LogP contribution in [0.15, 0.2) is 34.0 Å². The van der Waals surface area contributed by atoms with Gasteiger partial charge in [-0.3, -0.25) is 14.2 Å². The lowest BCUT2D eigenvalue weighted by Gasteiger charge is -2.12. The number of amides is 1. The van der Waals surface area contributed by atoms with Crippen LogP contribution in [0.4, 0.5) is 5.69 Å². The first kappa shape index (κ1) is 18.2. The molecule has 1 aromatic heterocycles. The molecule has 0 aliphatic heterocycles. The lowest BCUT2D eigenvalue weighted by Crippen LogP contribution is -2.43. The Hall–Kier alpha value is -3.18. The van der Waals surface area contributed by atoms with E-state index >= 15 is 0 Å². The Morgan fingerprint density at radius 3 is 2.64 bits per heavy atom. The number of aliphatic hydroxyl groups is 1. The van der Waals surface area contributed by atoms with E-state index in [9.17, 15) is 14.4 Å². The maximum Gasteiger partial charge on any atom is 0.331 e. The number of aliphatic hydroxyl groups excluding tert-OH is 1. The average molecular weight is 342 g/mol. The molecule has 25 heavy (non-hydrogen) atoms. The van der Waals surface area contributed by atoms with Crippen molar-refractivity contribution in [1.29, 1.82) is 5.26 Å². The van der Waals surface area contributed by atoms with E-state index in [2.05, 4.69) is 5.32 Å². The fraction of sp³-hybridized carbons (Fsp3) is 0.294. The number of nitriles is 1. The van der Waals surface area contributed by atoms with Crippen molar-refractivity contribution >= 4 is 11.6 Å². The first-order valence-corrected chi connectivity index (χ1v) is 7.59. The number of benzene rings is 1. The summed E-state index contributed by atoms with van der Waals surface area (Å²) in [5, 5.41) is 20.7. The van der Waals surface area contributed by atoms with Crippen molar-refractivity contribution in [2.45, 2.75) is 26.9 Å². The number of nitrogens with zero attached hydrogens (tertiary/aromatic N) is 3. The molecule has 0 saturated carbocycles. The van der Waals surface area contributed by atoms with Crippen LogP contribution in [0.5, 0.6) is 0 Å². The van der Waals surface area contributed by atoms with Gasteiger partial charge in [0.05, 0.1) is 13.2 Å². The highest BCUT2D eigenvalue weighted by Crippen LogP contribution is 2.15. The number of nitrogens with one attached hydrogen (secondary N) is 1. The highest BCUT2D eigenvalue weighted by atomic mass is 16.3. The third-order valence-electron chi connectivity index (χ3n) is 3.66. The van der Waals surface area contributed by atoms with Crippen molar-refractivity contribution in [1.82, 2.24) is 9.13 Å². The lowest BCUT2D eigenvalue weighted by molar-refractivity contribution is -0.116. The van der Waals surface area contributed by atoms with Crippen LogP contribution in [0.2, 0.25) is 0 Å². The third kappa shape index (κ3) is 4.02. The highest BCUT2D eigenvalue weighted by Gasteiger charge is 2.14. The smallest absolute Gasteiger partial charge is 0.331 e. The fourth-order valence-electron chi connectivity index (χ4n) is 2.42. The van der Waals surface area contributed by atoms with Crippen LogP contribution >= 0.6 is 0 Å². The number of carbonyl (C=O) groups is 1. The van der Waals surface area contributed by atoms with E-state index in [0.29, 0.717) is 10.3 Å². The van der Waals surface area contributed by atoms with E-state index in [1.807, 2.05) is 26.0 Å². The SMILES string of the molecule is Cc1ccc(NC(=O)Cn2c(=O)c(C#N)cn(CCO)c2=O)c(C)c1. The van der Waals surface area contributed by atoms with Gasteiger partial charge in [0.25, 0.3) is 5.56 Å². The van der Waals surface area contributed by atoms with E-state index in [0.717, 1.165) is 21.9 Å². The molecule has 0 aliphatic carbocycles. The summed E-state index contributed by atoms with van der Waals surface area (Å²) in [7, 11) is 0. The molecule has 0 fully saturated rings. The molecule has 2 rings (SSSR count). The molecule has 0 spiro atoms. The van der Waals surface area contributed by atoms with Crippen molar-refractivity contribution in [3.8, 4) is 6.07 Å². The molecule has 0 aliphatic rings. The zero-order chi connectivity index (χ0) is 18.6. The topological polar surface area (TPSA) is 117 Å². The van der Waals surface area contributed by atoms with Gasteiger partial charge in [-0.05, 0) is 25.5 Å². The van der Waals surface area contributed by atoms with E-state index in [4.69, 9.17) is 10.4 Å². The van der Waals surface area contributed by atoms with E-state index in [-0.39, 0.29) is 18.7 Å². The molecular weight excluding hydrogens is 324 g/mol. The summed E-state index contributed by atoms with van der Waals surface area (Å²) in [6, 6.07) is 7.16. The second kappa shape index (κ2) is 7.59. The Kier molecular flexibility index (Phi) is 5.52. The maximum atomic E-state index is 12.3. The van der Waals surface area contributed by atoms with Crippen LogP contribution in [0.3, 0.4) is 0 Å². The number of hydrogen-bond acceptors (Lipinski definition) is 5. The molecule has 0 radical (unpaired) electrons. The van der Waals surface area contributed by atoms with Crippen LogP contribution < -0.4 is 16.6 Å². The number of rotatable bonds is 5. The second-order valence-corrected chi connectivity index (χ2v) is 5.61. The maximum absolute atomic E-state index is 12.3. The molecule has 1 heterocycles. The summed E-state index contributed by atoms with van der Waals surface area (Å²) in [6.07, 6.45) is 1.08. The van der Waals surface area contributed by atoms with E-state index in [1.54, 1.807) is 12.1 Å². The van der Waals surface area contributed by atoms with Gasteiger partial charge in [-0.2, -0.15) is 5.26 Å². The molecule has 130 valence electrons. The summed E-state index contributed by atoms with van der Waals surface area (Å²) in [6.45, 7) is 2.82. The quantitative estimate of drug-likeness (QED) is 0.801. The van der Waals surface area contributed by atoms with Crippen LogP contribution in [0.25, 0.3) is 0 Å². The van der Waals surface area contributed by atoms with E-state index in [1.165, 1.54) is 0 Å². The Bertz CT molecular complexity index is 966. The van der Waals surface area contributed by atoms with Gasteiger partial charge >= 0.3 is 5.69 Å². The van der Waals surface area contributed by atoms with Crippen molar-refractivity contribution in [2.24, 2.45) is 0 Å². The minimum Gasteiger partial charge on any atom is -0.395 e. The Labute approximate surface area is 143 Å². The highest BCUT2D eigenvalue weighted by molar-refractivity contribution is 5.91. The Morgan fingerprint density at radius 1 is 1.32 bits per heavy atom. The second-order valence-electron chi connectivity index (χ2n) is 5.61. The fourth-order valence-corrected chi connectivity index (χ4v) is 2.42. The molecule has 8 heteroatoms. The number of aromatic nitrogens is 2. The molecule has 0 saturated heterocycles. The monoisotopic (exact) mass is 342 g/mol. The first-order chi connectivity index (χ1) is 11.9. The van der Waals surface area contributed by atoms with Crippen LogP contribution in [0.1, 0.15) is 16.7 Å². The molecule has 8 nitrogen and oxygen atoms in total. The molecule has 0 atom stereocenters. The lowest BCUT2D eigenvalue weighted by atomic mass is 10.1. The van der Waals surface area contributed by atoms with Gasteiger partial charge in [0.2, 0.25) is 5.91 Å². The van der Waals surface area contributed by atoms with Crippen LogP contribution in [-0.4, -0.2) is 26.8 Å². The van der Waals surface area contributed by atoms with Crippen LogP contribution in [0, 0.1) is 25.2 Å². The largest absolute Gasteiger partial charge is 0.395 e. The van der Waals surface area contributed by atoms with Crippen molar-refractivity contribution < 1.29 is 9.90 Å². The van der Waals surface area contributed by atoms with Gasteiger partial charge in [-0.15, -0.1) is 0 Å². The third-order valence-corrected chi connectivity index (χ3v) is 3.66. The van der Waals surface area contributed by atoms with E-state index < -0.39 is 23.7 Å². The Morgan fingerprint density at radius 2 is 2.04 bits per heavy atom. The van der Waals surface area contributed by atoms with Crippen molar-refractivity contribution in [2.75, 3.05) is 11.9 Å². The van der Waals surface area contributed by atoms with Gasteiger partial charge in [0, 0.05) is 11.9 Å². The molecule has 0 bridgehead atoms. The minimum atomic E-state index is -0.836.